The second-order valence-corrected chi connectivity index (χ2v) is 5.69. The van der Waals surface area contributed by atoms with Crippen molar-refractivity contribution in [3.8, 4) is 5.75 Å². The summed E-state index contributed by atoms with van der Waals surface area (Å²) in [5.41, 5.74) is 1.06. The number of benzene rings is 1. The summed E-state index contributed by atoms with van der Waals surface area (Å²) in [7, 11) is 2.73. The number of carbonyl (C=O) groups excluding carboxylic acids is 1. The minimum Gasteiger partial charge on any atom is -0.426 e. The highest BCUT2D eigenvalue weighted by atomic mass is 16.5. The Bertz CT molecular complexity index is 1000. The van der Waals surface area contributed by atoms with Gasteiger partial charge in [-0.3, -0.25) is 4.79 Å². The normalized spacial score (nSPS) is 21.4. The molecule has 5 heteroatoms. The number of nitrogens with one attached hydrogen (secondary N) is 1. The molecule has 1 aromatic carbocycles. The lowest BCUT2D eigenvalue weighted by atomic mass is 10.1. The molecule has 5 nitrogen and oxygen atoms in total. The smallest absolute Gasteiger partial charge is 0.314 e. The Labute approximate surface area is 158 Å². The highest BCUT2D eigenvalue weighted by Gasteiger charge is 2.18. The number of nitrogens with zero attached hydrogens (tertiary/aromatic N) is 2. The molecule has 0 saturated carbocycles. The van der Waals surface area contributed by atoms with E-state index < -0.39 is 38.7 Å². The number of aromatic nitrogens is 1. The number of H-pyrrole nitrogens is 1. The standard InChI is InChI=1S/C19H29N3O2/c1-14(9-11-21(2)3)19(23)24-17-8-6-7-16-18(17)15(13-20-16)10-12-22(4)5/h6-8,13-14,20H,9-12H2,1-5H3/i4D3,5D3,9D2,11D2. The van der Waals surface area contributed by atoms with Crippen LogP contribution in [-0.2, 0) is 11.2 Å². The Hall–Kier alpha value is -1.85. The van der Waals surface area contributed by atoms with Crippen LogP contribution in [0.25, 0.3) is 10.9 Å². The van der Waals surface area contributed by atoms with Crippen LogP contribution in [0.5, 0.6) is 5.75 Å². The lowest BCUT2D eigenvalue weighted by molar-refractivity contribution is -0.138. The van der Waals surface area contributed by atoms with Crippen LogP contribution in [0.1, 0.15) is 32.6 Å². The lowest BCUT2D eigenvalue weighted by Crippen LogP contribution is -2.23. The van der Waals surface area contributed by atoms with E-state index in [1.54, 1.807) is 18.3 Å². The highest BCUT2D eigenvalue weighted by Crippen LogP contribution is 2.30. The van der Waals surface area contributed by atoms with Crippen molar-refractivity contribution in [2.24, 2.45) is 5.92 Å². The quantitative estimate of drug-likeness (QED) is 0.592. The van der Waals surface area contributed by atoms with Gasteiger partial charge in [-0.25, -0.2) is 0 Å². The summed E-state index contributed by atoms with van der Waals surface area (Å²) in [5.74, 6) is -2.38. The van der Waals surface area contributed by atoms with Gasteiger partial charge in [0.1, 0.15) is 5.75 Å². The molecular weight excluding hydrogens is 302 g/mol. The Morgan fingerprint density at radius 1 is 1.38 bits per heavy atom. The summed E-state index contributed by atoms with van der Waals surface area (Å²) in [6.07, 6.45) is -1.00. The number of esters is 1. The predicted octanol–water partition coefficient (Wildman–Crippen LogP) is 2.77. The van der Waals surface area contributed by atoms with Gasteiger partial charge in [0.15, 0.2) is 0 Å². The fourth-order valence-corrected chi connectivity index (χ4v) is 2.22. The number of fused-ring (bicyclic) bond motifs is 1. The zero-order chi connectivity index (χ0) is 26.3. The summed E-state index contributed by atoms with van der Waals surface area (Å²) in [4.78, 5) is 17.3. The van der Waals surface area contributed by atoms with Crippen LogP contribution < -0.4 is 4.74 Å². The number of hydrogen-bond donors (Lipinski definition) is 1. The molecule has 0 aliphatic rings. The van der Waals surface area contributed by atoms with Crippen molar-refractivity contribution in [1.29, 1.82) is 0 Å². The number of aromatic amines is 1. The summed E-state index contributed by atoms with van der Waals surface area (Å²) < 4.78 is 83.0. The van der Waals surface area contributed by atoms with Gasteiger partial charge in [-0.1, -0.05) is 13.0 Å². The Morgan fingerprint density at radius 3 is 2.88 bits per heavy atom. The molecule has 1 N–H and O–H groups in total. The SMILES string of the molecule is [2H]C([2H])([2H])N(CCc1c[nH]c2cccc(OC(=O)C(C)C([2H])([2H])C([2H])([2H])N(C)C)c12)C([2H])([2H])[2H]. The Kier molecular flexibility index (Phi) is 3.12. The Morgan fingerprint density at radius 2 is 2.17 bits per heavy atom. The van der Waals surface area contributed by atoms with Crippen LogP contribution in [0, 0.1) is 5.92 Å². The zero-order valence-corrected chi connectivity index (χ0v) is 14.0. The molecule has 1 atom stereocenters. The number of ether oxygens (including phenoxy) is 1. The lowest BCUT2D eigenvalue weighted by Gasteiger charge is -2.15. The van der Waals surface area contributed by atoms with Crippen molar-refractivity contribution in [2.45, 2.75) is 19.7 Å². The average molecular weight is 342 g/mol. The number of likely N-dealkylation sites (N-methyl/N-ethyl adjacent to an activating group) is 1. The summed E-state index contributed by atoms with van der Waals surface area (Å²) in [6, 6.07) is 4.77. The monoisotopic (exact) mass is 341 g/mol. The molecule has 0 amide bonds. The molecule has 0 bridgehead atoms. The second kappa shape index (κ2) is 8.31. The van der Waals surface area contributed by atoms with Crippen LogP contribution in [-0.4, -0.2) is 61.8 Å². The predicted molar refractivity (Wildman–Crippen MR) is 98.5 cm³/mol. The van der Waals surface area contributed by atoms with Crippen molar-refractivity contribution in [3.63, 3.8) is 0 Å². The van der Waals surface area contributed by atoms with Gasteiger partial charge in [0.05, 0.1) is 5.92 Å². The molecule has 0 spiro atoms. The fourth-order valence-electron chi connectivity index (χ4n) is 2.22. The summed E-state index contributed by atoms with van der Waals surface area (Å²) in [6.45, 7) is -7.19. The van der Waals surface area contributed by atoms with Crippen LogP contribution >= 0.6 is 0 Å². The summed E-state index contributed by atoms with van der Waals surface area (Å²) in [5, 5.41) is 0.426. The first-order valence-electron chi connectivity index (χ1n) is 12.6. The van der Waals surface area contributed by atoms with Gasteiger partial charge in [-0.2, -0.15) is 0 Å². The van der Waals surface area contributed by atoms with Crippen LogP contribution in [0.15, 0.2) is 24.4 Å². The van der Waals surface area contributed by atoms with E-state index in [9.17, 15) is 4.79 Å². The van der Waals surface area contributed by atoms with Crippen LogP contribution in [0.2, 0.25) is 0 Å². The van der Waals surface area contributed by atoms with Gasteiger partial charge in [0.2, 0.25) is 0 Å². The van der Waals surface area contributed by atoms with E-state index in [2.05, 4.69) is 4.98 Å². The first kappa shape index (κ1) is 9.02. The minimum atomic E-state index is -2.83. The summed E-state index contributed by atoms with van der Waals surface area (Å²) >= 11 is 0. The van der Waals surface area contributed by atoms with Crippen molar-refractivity contribution < 1.29 is 23.2 Å². The van der Waals surface area contributed by atoms with E-state index in [-0.39, 0.29) is 18.7 Å². The maximum atomic E-state index is 12.8. The molecule has 0 aliphatic carbocycles. The van der Waals surface area contributed by atoms with Gasteiger partial charge >= 0.3 is 5.97 Å². The van der Waals surface area contributed by atoms with Crippen molar-refractivity contribution in [1.82, 2.24) is 14.8 Å². The third kappa shape index (κ3) is 4.82. The molecule has 1 unspecified atom stereocenters. The van der Waals surface area contributed by atoms with E-state index in [1.165, 1.54) is 27.1 Å². The van der Waals surface area contributed by atoms with Crippen molar-refractivity contribution >= 4 is 16.9 Å². The van der Waals surface area contributed by atoms with E-state index in [0.29, 0.717) is 21.4 Å². The fraction of sp³-hybridized carbons (Fsp3) is 0.526. The molecule has 2 aromatic rings. The molecule has 1 aromatic heterocycles. The first-order chi connectivity index (χ1) is 15.3. The molecule has 24 heavy (non-hydrogen) atoms. The van der Waals surface area contributed by atoms with Gasteiger partial charge in [-0.05, 0) is 65.0 Å². The van der Waals surface area contributed by atoms with Gasteiger partial charge in [-0.15, -0.1) is 0 Å². The second-order valence-electron chi connectivity index (χ2n) is 5.69. The third-order valence-corrected chi connectivity index (χ3v) is 3.42. The van der Waals surface area contributed by atoms with E-state index in [1.807, 2.05) is 0 Å². The largest absolute Gasteiger partial charge is 0.426 e. The molecule has 0 radical (unpaired) electrons. The number of carbonyl (C=O) groups is 1. The highest BCUT2D eigenvalue weighted by molar-refractivity contribution is 5.91. The molecule has 2 rings (SSSR count). The van der Waals surface area contributed by atoms with E-state index >= 15 is 0 Å². The average Bonchev–Trinajstić information content (AvgIpc) is 3.09. The van der Waals surface area contributed by atoms with Gasteiger partial charge in [0, 0.05) is 37.4 Å². The molecule has 0 saturated heterocycles. The third-order valence-electron chi connectivity index (χ3n) is 3.42. The van der Waals surface area contributed by atoms with Crippen molar-refractivity contribution in [2.75, 3.05) is 41.1 Å². The molecular formula is C19H29N3O2. The van der Waals surface area contributed by atoms with Crippen LogP contribution in [0.4, 0.5) is 0 Å². The minimum absolute atomic E-state index is 0.0188. The molecule has 0 fully saturated rings. The zero-order valence-electron chi connectivity index (χ0n) is 24.0. The van der Waals surface area contributed by atoms with E-state index in [4.69, 9.17) is 18.4 Å². The number of rotatable bonds is 8. The Balaban J connectivity index is 2.34. The number of hydrogen-bond acceptors (Lipinski definition) is 4. The molecule has 132 valence electrons. The first-order valence-corrected chi connectivity index (χ1v) is 7.57. The molecule has 0 aliphatic heterocycles. The van der Waals surface area contributed by atoms with Gasteiger partial charge in [0.25, 0.3) is 0 Å². The topological polar surface area (TPSA) is 48.6 Å². The van der Waals surface area contributed by atoms with E-state index in [0.717, 1.165) is 4.90 Å². The van der Waals surface area contributed by atoms with Gasteiger partial charge < -0.3 is 19.5 Å². The van der Waals surface area contributed by atoms with Crippen molar-refractivity contribution in [3.05, 3.63) is 30.0 Å². The maximum Gasteiger partial charge on any atom is 0.314 e. The van der Waals surface area contributed by atoms with Crippen LogP contribution in [0.3, 0.4) is 0 Å². The molecule has 1 heterocycles. The maximum absolute atomic E-state index is 12.8.